The molecule has 2 aromatic carbocycles. The number of amides is 3. The molecule has 2 bridgehead atoms. The Kier molecular flexibility index (Phi) is 4.83. The zero-order valence-corrected chi connectivity index (χ0v) is 17.6. The van der Waals surface area contributed by atoms with Crippen molar-refractivity contribution < 1.29 is 14.4 Å². The van der Waals surface area contributed by atoms with Gasteiger partial charge in [-0.15, -0.1) is 0 Å². The highest BCUT2D eigenvalue weighted by molar-refractivity contribution is 6.30. The minimum Gasteiger partial charge on any atom is -0.272 e. The van der Waals surface area contributed by atoms with Gasteiger partial charge in [0.2, 0.25) is 0 Å². The molecule has 30 heavy (non-hydrogen) atoms. The predicted octanol–water partition coefficient (Wildman–Crippen LogP) is 4.58. The van der Waals surface area contributed by atoms with Gasteiger partial charge in [-0.1, -0.05) is 35.3 Å². The van der Waals surface area contributed by atoms with Crippen LogP contribution in [0.5, 0.6) is 0 Å². The fourth-order valence-corrected chi connectivity index (χ4v) is 5.62. The molecule has 1 saturated heterocycles. The number of hydrogen-bond acceptors (Lipinski definition) is 3. The highest BCUT2D eigenvalue weighted by Gasteiger charge is 2.62. The largest absolute Gasteiger partial charge is 0.273 e. The molecule has 2 saturated carbocycles. The average molecular weight is 443 g/mol. The Balaban J connectivity index is 1.51. The Hall–Kier alpha value is -2.37. The van der Waals surface area contributed by atoms with Crippen LogP contribution in [0.15, 0.2) is 48.5 Å². The van der Waals surface area contributed by atoms with Gasteiger partial charge in [0.25, 0.3) is 17.7 Å². The lowest BCUT2D eigenvalue weighted by Gasteiger charge is -2.31. The van der Waals surface area contributed by atoms with Crippen molar-refractivity contribution in [2.45, 2.75) is 25.8 Å². The number of carbonyl (C=O) groups is 3. The lowest BCUT2D eigenvalue weighted by molar-refractivity contribution is -0.156. The number of fused-ring (bicyclic) bond motifs is 5. The summed E-state index contributed by atoms with van der Waals surface area (Å²) < 4.78 is 0. The molecule has 1 heterocycles. The van der Waals surface area contributed by atoms with E-state index in [1.807, 2.05) is 0 Å². The molecule has 0 radical (unpaired) electrons. The van der Waals surface area contributed by atoms with Crippen LogP contribution >= 0.6 is 23.2 Å². The number of hydrazine groups is 1. The second-order valence-corrected chi connectivity index (χ2v) is 9.24. The Morgan fingerprint density at radius 3 is 1.90 bits per heavy atom. The molecule has 0 unspecified atom stereocenters. The van der Waals surface area contributed by atoms with Gasteiger partial charge in [-0.3, -0.25) is 14.4 Å². The topological polar surface area (TPSA) is 57.7 Å². The molecule has 0 N–H and O–H groups in total. The third kappa shape index (κ3) is 3.12. The monoisotopic (exact) mass is 442 g/mol. The molecule has 2 aliphatic carbocycles. The second kappa shape index (κ2) is 7.40. The maximum atomic E-state index is 13.4. The summed E-state index contributed by atoms with van der Waals surface area (Å²) in [5.74, 6) is -0.963. The Labute approximate surface area is 184 Å². The zero-order chi connectivity index (χ0) is 21.0. The molecule has 3 aliphatic rings. The molecule has 154 valence electrons. The van der Waals surface area contributed by atoms with Crippen LogP contribution in [-0.2, 0) is 16.1 Å². The Morgan fingerprint density at radius 2 is 1.37 bits per heavy atom. The van der Waals surface area contributed by atoms with Crippen LogP contribution < -0.4 is 0 Å². The number of carbonyl (C=O) groups excluding carboxylic acids is 3. The smallest absolute Gasteiger partial charge is 0.272 e. The van der Waals surface area contributed by atoms with Crippen molar-refractivity contribution in [2.24, 2.45) is 23.7 Å². The zero-order valence-electron chi connectivity index (χ0n) is 16.1. The number of benzene rings is 2. The Bertz CT molecular complexity index is 994. The number of nitrogens with zero attached hydrogens (tertiary/aromatic N) is 2. The lowest BCUT2D eigenvalue weighted by atomic mass is 9.81. The third-order valence-corrected chi connectivity index (χ3v) is 7.22. The molecular formula is C23H20Cl2N2O3. The number of hydrogen-bond donors (Lipinski definition) is 0. The van der Waals surface area contributed by atoms with Crippen molar-refractivity contribution in [2.75, 3.05) is 0 Å². The fraction of sp³-hybridized carbons (Fsp3) is 0.348. The molecule has 5 rings (SSSR count). The van der Waals surface area contributed by atoms with E-state index in [0.717, 1.165) is 29.8 Å². The van der Waals surface area contributed by atoms with Crippen LogP contribution in [-0.4, -0.2) is 27.7 Å². The van der Waals surface area contributed by atoms with Crippen molar-refractivity contribution in [3.63, 3.8) is 0 Å². The molecule has 3 fully saturated rings. The van der Waals surface area contributed by atoms with Crippen LogP contribution in [0.1, 0.15) is 35.2 Å². The summed E-state index contributed by atoms with van der Waals surface area (Å²) in [7, 11) is 0. The summed E-state index contributed by atoms with van der Waals surface area (Å²) in [4.78, 5) is 40.1. The van der Waals surface area contributed by atoms with Crippen LogP contribution in [0, 0.1) is 23.7 Å². The van der Waals surface area contributed by atoms with Crippen LogP contribution in [0.3, 0.4) is 0 Å². The van der Waals surface area contributed by atoms with Crippen LogP contribution in [0.2, 0.25) is 10.0 Å². The first kappa shape index (κ1) is 19.6. The molecule has 3 amide bonds. The third-order valence-electron chi connectivity index (χ3n) is 6.72. The van der Waals surface area contributed by atoms with Gasteiger partial charge in [0, 0.05) is 15.6 Å². The second-order valence-electron chi connectivity index (χ2n) is 8.37. The van der Waals surface area contributed by atoms with E-state index in [1.54, 1.807) is 48.5 Å². The van der Waals surface area contributed by atoms with E-state index in [4.69, 9.17) is 23.2 Å². The van der Waals surface area contributed by atoms with Gasteiger partial charge >= 0.3 is 0 Å². The summed E-state index contributed by atoms with van der Waals surface area (Å²) in [5.41, 5.74) is 1.15. The number of halogens is 2. The van der Waals surface area contributed by atoms with E-state index in [-0.39, 0.29) is 42.0 Å². The van der Waals surface area contributed by atoms with Gasteiger partial charge in [-0.25, -0.2) is 5.01 Å². The highest BCUT2D eigenvalue weighted by atomic mass is 35.5. The van der Waals surface area contributed by atoms with Gasteiger partial charge in [-0.05, 0) is 73.1 Å². The normalized spacial score (nSPS) is 26.9. The molecular weight excluding hydrogens is 423 g/mol. The van der Waals surface area contributed by atoms with Gasteiger partial charge in [-0.2, -0.15) is 5.01 Å². The first-order valence-corrected chi connectivity index (χ1v) is 10.9. The maximum absolute atomic E-state index is 13.4. The summed E-state index contributed by atoms with van der Waals surface area (Å²) in [6, 6.07) is 13.5. The molecule has 7 heteroatoms. The average Bonchev–Trinajstić information content (AvgIpc) is 3.42. The van der Waals surface area contributed by atoms with Gasteiger partial charge in [0.05, 0.1) is 18.4 Å². The number of rotatable bonds is 4. The van der Waals surface area contributed by atoms with E-state index in [9.17, 15) is 14.4 Å². The van der Waals surface area contributed by atoms with Gasteiger partial charge in [0.15, 0.2) is 0 Å². The summed E-state index contributed by atoms with van der Waals surface area (Å²) in [6.07, 6.45) is 2.92. The molecule has 4 atom stereocenters. The standard InChI is InChI=1S/C23H20Cl2N2O3/c24-17-7-1-13(2-8-17)12-26(21(28)14-5-9-18(25)10-6-14)27-22(29)19-15-3-4-16(11-15)20(19)23(27)30/h1-2,5-10,15-16,19-20H,3-4,11-12H2/t15-,16-,19+,20+/m0/s1. The van der Waals surface area contributed by atoms with Crippen molar-refractivity contribution in [3.05, 3.63) is 69.7 Å². The molecule has 0 spiro atoms. The van der Waals surface area contributed by atoms with Gasteiger partial charge < -0.3 is 0 Å². The number of imide groups is 1. The summed E-state index contributed by atoms with van der Waals surface area (Å²) in [6.45, 7) is 0.102. The SMILES string of the molecule is O=C(c1ccc(Cl)cc1)N(Cc1ccc(Cl)cc1)N1C(=O)[C@@H]2[C@H]3CC[C@@H](C3)[C@H]2C1=O. The van der Waals surface area contributed by atoms with E-state index in [2.05, 4.69) is 0 Å². The fourth-order valence-electron chi connectivity index (χ4n) is 5.37. The minimum atomic E-state index is -0.407. The quantitative estimate of drug-likeness (QED) is 0.650. The first-order chi connectivity index (χ1) is 14.4. The van der Waals surface area contributed by atoms with Crippen molar-refractivity contribution in [1.82, 2.24) is 10.0 Å². The maximum Gasteiger partial charge on any atom is 0.273 e. The summed E-state index contributed by atoms with van der Waals surface area (Å²) >= 11 is 11.9. The van der Waals surface area contributed by atoms with E-state index in [0.29, 0.717) is 15.6 Å². The molecule has 5 nitrogen and oxygen atoms in total. The Morgan fingerprint density at radius 1 is 0.867 bits per heavy atom. The van der Waals surface area contributed by atoms with E-state index < -0.39 is 5.91 Å². The van der Waals surface area contributed by atoms with E-state index in [1.165, 1.54) is 5.01 Å². The highest BCUT2D eigenvalue weighted by Crippen LogP contribution is 2.56. The molecule has 2 aromatic rings. The summed E-state index contributed by atoms with van der Waals surface area (Å²) in [5, 5.41) is 3.49. The van der Waals surface area contributed by atoms with E-state index >= 15 is 0 Å². The lowest BCUT2D eigenvalue weighted by Crippen LogP contribution is -2.50. The van der Waals surface area contributed by atoms with Gasteiger partial charge in [0.1, 0.15) is 0 Å². The minimum absolute atomic E-state index is 0.102. The van der Waals surface area contributed by atoms with Crippen LogP contribution in [0.4, 0.5) is 0 Å². The first-order valence-electron chi connectivity index (χ1n) is 10.1. The van der Waals surface area contributed by atoms with Crippen LogP contribution in [0.25, 0.3) is 0 Å². The van der Waals surface area contributed by atoms with Crippen molar-refractivity contribution >= 4 is 40.9 Å². The van der Waals surface area contributed by atoms with Crippen molar-refractivity contribution in [3.8, 4) is 0 Å². The molecule has 0 aromatic heterocycles. The molecule has 1 aliphatic heterocycles. The predicted molar refractivity (Wildman–Crippen MR) is 112 cm³/mol. The van der Waals surface area contributed by atoms with Crippen molar-refractivity contribution in [1.29, 1.82) is 0 Å².